The molecule has 0 nitrogen and oxygen atoms in total. The van der Waals surface area contributed by atoms with E-state index in [1.54, 1.807) is 0 Å². The predicted octanol–water partition coefficient (Wildman–Crippen LogP) is 5.24. The van der Waals surface area contributed by atoms with Gasteiger partial charge in [0.15, 0.2) is 0 Å². The predicted molar refractivity (Wildman–Crippen MR) is 73.7 cm³/mol. The van der Waals surface area contributed by atoms with E-state index in [-0.39, 0.29) is 0 Å². The van der Waals surface area contributed by atoms with E-state index in [4.69, 9.17) is 0 Å². The van der Waals surface area contributed by atoms with Gasteiger partial charge in [-0.1, -0.05) is 66.2 Å². The van der Waals surface area contributed by atoms with Crippen LogP contribution in [0, 0.1) is 0 Å². The van der Waals surface area contributed by atoms with Crippen molar-refractivity contribution in [1.82, 2.24) is 0 Å². The van der Waals surface area contributed by atoms with Gasteiger partial charge in [-0.2, -0.15) is 0 Å². The minimum absolute atomic E-state index is 0.596. The van der Waals surface area contributed by atoms with Crippen LogP contribution in [0.15, 0.2) is 53.0 Å². The maximum atomic E-state index is 3.45. The van der Waals surface area contributed by atoms with E-state index in [9.17, 15) is 0 Å². The molecular weight excluding hydrogens is 260 g/mol. The van der Waals surface area contributed by atoms with Gasteiger partial charge < -0.3 is 0 Å². The first-order valence-corrected chi connectivity index (χ1v) is 6.32. The van der Waals surface area contributed by atoms with E-state index in [1.165, 1.54) is 16.7 Å². The van der Waals surface area contributed by atoms with Crippen molar-refractivity contribution < 1.29 is 0 Å². The second-order valence-electron chi connectivity index (χ2n) is 4.28. The molecule has 0 aromatic heterocycles. The standard InChI is InChI=1S/C15H15Br/c1-11(2)12-3-5-13(6-4-12)14-7-9-15(16)10-8-14/h3-11H,1-2H3. The molecule has 2 rings (SSSR count). The van der Waals surface area contributed by atoms with Gasteiger partial charge in [0.1, 0.15) is 0 Å². The van der Waals surface area contributed by atoms with E-state index >= 15 is 0 Å². The van der Waals surface area contributed by atoms with Gasteiger partial charge >= 0.3 is 0 Å². The summed E-state index contributed by atoms with van der Waals surface area (Å²) in [4.78, 5) is 0. The Kier molecular flexibility index (Phi) is 3.45. The zero-order valence-electron chi connectivity index (χ0n) is 9.57. The van der Waals surface area contributed by atoms with Crippen LogP contribution in [0.5, 0.6) is 0 Å². The van der Waals surface area contributed by atoms with Crippen LogP contribution in [0.1, 0.15) is 25.3 Å². The molecule has 0 radical (unpaired) electrons. The summed E-state index contributed by atoms with van der Waals surface area (Å²) in [6.07, 6.45) is 0. The molecule has 0 spiro atoms. The molecule has 1 heteroatoms. The van der Waals surface area contributed by atoms with Crippen LogP contribution in [-0.2, 0) is 0 Å². The second kappa shape index (κ2) is 4.84. The molecule has 0 fully saturated rings. The van der Waals surface area contributed by atoms with Gasteiger partial charge in [-0.3, -0.25) is 0 Å². The summed E-state index contributed by atoms with van der Waals surface area (Å²) in [6, 6.07) is 17.2. The monoisotopic (exact) mass is 274 g/mol. The van der Waals surface area contributed by atoms with Gasteiger partial charge in [0, 0.05) is 4.47 Å². The Morgan fingerprint density at radius 3 is 1.62 bits per heavy atom. The van der Waals surface area contributed by atoms with Crippen LogP contribution in [0.3, 0.4) is 0 Å². The molecule has 0 amide bonds. The lowest BCUT2D eigenvalue weighted by Crippen LogP contribution is -1.86. The molecule has 0 aliphatic carbocycles. The minimum Gasteiger partial charge on any atom is -0.0587 e. The van der Waals surface area contributed by atoms with Crippen molar-refractivity contribution in [3.8, 4) is 11.1 Å². The number of benzene rings is 2. The molecule has 2 aromatic carbocycles. The Labute approximate surface area is 105 Å². The average molecular weight is 275 g/mol. The summed E-state index contributed by atoms with van der Waals surface area (Å²) in [5, 5.41) is 0. The lowest BCUT2D eigenvalue weighted by molar-refractivity contribution is 0.867. The molecule has 82 valence electrons. The third kappa shape index (κ3) is 2.53. The quantitative estimate of drug-likeness (QED) is 0.703. The first-order chi connectivity index (χ1) is 7.66. The van der Waals surface area contributed by atoms with Crippen molar-refractivity contribution in [3.63, 3.8) is 0 Å². The van der Waals surface area contributed by atoms with Gasteiger partial charge in [-0.05, 0) is 34.7 Å². The van der Waals surface area contributed by atoms with Gasteiger partial charge in [0.25, 0.3) is 0 Å². The lowest BCUT2D eigenvalue weighted by Gasteiger charge is -2.07. The molecule has 0 aliphatic heterocycles. The normalized spacial score (nSPS) is 10.8. The summed E-state index contributed by atoms with van der Waals surface area (Å²) in [6.45, 7) is 4.43. The molecular formula is C15H15Br. The maximum absolute atomic E-state index is 3.45. The van der Waals surface area contributed by atoms with Gasteiger partial charge in [-0.15, -0.1) is 0 Å². The van der Waals surface area contributed by atoms with Crippen molar-refractivity contribution in [2.75, 3.05) is 0 Å². The highest BCUT2D eigenvalue weighted by Crippen LogP contribution is 2.23. The second-order valence-corrected chi connectivity index (χ2v) is 5.20. The van der Waals surface area contributed by atoms with Crippen molar-refractivity contribution in [2.45, 2.75) is 19.8 Å². The lowest BCUT2D eigenvalue weighted by atomic mass is 9.99. The number of hydrogen-bond donors (Lipinski definition) is 0. The van der Waals surface area contributed by atoms with E-state index in [1.807, 2.05) is 0 Å². The topological polar surface area (TPSA) is 0 Å². The first kappa shape index (κ1) is 11.4. The minimum atomic E-state index is 0.596. The summed E-state index contributed by atoms with van der Waals surface area (Å²) in [5.74, 6) is 0.596. The summed E-state index contributed by atoms with van der Waals surface area (Å²) >= 11 is 3.45. The molecule has 16 heavy (non-hydrogen) atoms. The fourth-order valence-electron chi connectivity index (χ4n) is 1.70. The first-order valence-electron chi connectivity index (χ1n) is 5.53. The highest BCUT2D eigenvalue weighted by molar-refractivity contribution is 9.10. The van der Waals surface area contributed by atoms with Crippen LogP contribution in [0.25, 0.3) is 11.1 Å². The maximum Gasteiger partial charge on any atom is 0.0175 e. The van der Waals surface area contributed by atoms with E-state index < -0.39 is 0 Å². The fraction of sp³-hybridized carbons (Fsp3) is 0.200. The van der Waals surface area contributed by atoms with Crippen molar-refractivity contribution in [1.29, 1.82) is 0 Å². The van der Waals surface area contributed by atoms with E-state index in [2.05, 4.69) is 78.3 Å². The molecule has 0 heterocycles. The zero-order chi connectivity index (χ0) is 11.5. The fourth-order valence-corrected chi connectivity index (χ4v) is 1.97. The van der Waals surface area contributed by atoms with Crippen LogP contribution in [-0.4, -0.2) is 0 Å². The highest BCUT2D eigenvalue weighted by atomic mass is 79.9. The Hall–Kier alpha value is -1.08. The molecule has 0 bridgehead atoms. The molecule has 0 saturated carbocycles. The molecule has 0 atom stereocenters. The molecule has 0 aliphatic rings. The number of hydrogen-bond acceptors (Lipinski definition) is 0. The average Bonchev–Trinajstić information content (AvgIpc) is 2.30. The number of rotatable bonds is 2. The van der Waals surface area contributed by atoms with E-state index in [0.29, 0.717) is 5.92 Å². The summed E-state index contributed by atoms with van der Waals surface area (Å²) < 4.78 is 1.12. The Bertz CT molecular complexity index is 452. The summed E-state index contributed by atoms with van der Waals surface area (Å²) in [7, 11) is 0. The van der Waals surface area contributed by atoms with Crippen molar-refractivity contribution in [3.05, 3.63) is 58.6 Å². The Morgan fingerprint density at radius 2 is 1.19 bits per heavy atom. The SMILES string of the molecule is CC(C)c1ccc(-c2ccc(Br)cc2)cc1. The van der Waals surface area contributed by atoms with Gasteiger partial charge in [0.05, 0.1) is 0 Å². The van der Waals surface area contributed by atoms with Gasteiger partial charge in [0.2, 0.25) is 0 Å². The largest absolute Gasteiger partial charge is 0.0587 e. The van der Waals surface area contributed by atoms with Crippen molar-refractivity contribution >= 4 is 15.9 Å². The molecule has 2 aromatic rings. The molecule has 0 N–H and O–H groups in total. The van der Waals surface area contributed by atoms with Crippen LogP contribution in [0.4, 0.5) is 0 Å². The van der Waals surface area contributed by atoms with Crippen LogP contribution < -0.4 is 0 Å². The third-order valence-corrected chi connectivity index (χ3v) is 3.28. The third-order valence-electron chi connectivity index (χ3n) is 2.75. The Balaban J connectivity index is 2.31. The van der Waals surface area contributed by atoms with Gasteiger partial charge in [-0.25, -0.2) is 0 Å². The number of halogens is 1. The smallest absolute Gasteiger partial charge is 0.0175 e. The summed E-state index contributed by atoms with van der Waals surface area (Å²) in [5.41, 5.74) is 3.93. The van der Waals surface area contributed by atoms with E-state index in [0.717, 1.165) is 4.47 Å². The Morgan fingerprint density at radius 1 is 0.750 bits per heavy atom. The van der Waals surface area contributed by atoms with Crippen LogP contribution >= 0.6 is 15.9 Å². The van der Waals surface area contributed by atoms with Crippen LogP contribution in [0.2, 0.25) is 0 Å². The van der Waals surface area contributed by atoms with Crippen molar-refractivity contribution in [2.24, 2.45) is 0 Å². The highest BCUT2D eigenvalue weighted by Gasteiger charge is 2.00. The zero-order valence-corrected chi connectivity index (χ0v) is 11.2. The molecule has 0 unspecified atom stereocenters. The molecule has 0 saturated heterocycles.